The van der Waals surface area contributed by atoms with Gasteiger partial charge < -0.3 is 9.80 Å². The maximum Gasteiger partial charge on any atom is 0.255 e. The number of sulfonamides is 1. The van der Waals surface area contributed by atoms with E-state index in [0.29, 0.717) is 45.8 Å². The molecule has 0 atom stereocenters. The normalized spacial score (nSPS) is 18.2. The van der Waals surface area contributed by atoms with Crippen LogP contribution in [0.4, 0.5) is 0 Å². The number of rotatable bonds is 7. The Morgan fingerprint density at radius 1 is 0.938 bits per heavy atom. The summed E-state index contributed by atoms with van der Waals surface area (Å²) in [4.78, 5) is 31.4. The number of carbonyl (C=O) groups excluding carboxylic acids is 2. The molecule has 178 valence electrons. The number of carbonyl (C=O) groups is 2. The highest BCUT2D eigenvalue weighted by atomic mass is 35.5. The van der Waals surface area contributed by atoms with Crippen LogP contribution in [0.5, 0.6) is 0 Å². The summed E-state index contributed by atoms with van der Waals surface area (Å²) in [5.41, 5.74) is 0.192. The predicted octanol–water partition coefficient (Wildman–Crippen LogP) is 2.14. The van der Waals surface area contributed by atoms with Crippen molar-refractivity contribution >= 4 is 33.4 Å². The smallest absolute Gasteiger partial charge is 0.255 e. The summed E-state index contributed by atoms with van der Waals surface area (Å²) < 4.78 is 27.0. The molecule has 2 amide bonds. The van der Waals surface area contributed by atoms with Crippen molar-refractivity contribution in [1.82, 2.24) is 19.0 Å². The standard InChI is InChI=1S/C22H33ClN4O4S/c1-3-27(4-2)32(30,31)18-8-9-20(23)19(16-18)22(29)26-14-12-24(13-15-26)17-21(28)25-10-6-5-7-11-25/h8-9,16H,3-7,10-15,17H2,1-2H3. The summed E-state index contributed by atoms with van der Waals surface area (Å²) in [6.07, 6.45) is 3.32. The Kier molecular flexibility index (Phi) is 8.55. The first-order valence-electron chi connectivity index (χ1n) is 11.4. The van der Waals surface area contributed by atoms with E-state index in [1.54, 1.807) is 18.7 Å². The van der Waals surface area contributed by atoms with E-state index in [0.717, 1.165) is 25.9 Å². The highest BCUT2D eigenvalue weighted by Gasteiger charge is 2.28. The molecule has 3 rings (SSSR count). The molecule has 2 fully saturated rings. The molecule has 0 N–H and O–H groups in total. The van der Waals surface area contributed by atoms with Gasteiger partial charge in [-0.25, -0.2) is 8.42 Å². The van der Waals surface area contributed by atoms with Crippen LogP contribution >= 0.6 is 11.6 Å². The first-order valence-corrected chi connectivity index (χ1v) is 13.2. The second-order valence-electron chi connectivity index (χ2n) is 8.24. The average Bonchev–Trinajstić information content (AvgIpc) is 2.80. The van der Waals surface area contributed by atoms with Crippen LogP contribution in [0.25, 0.3) is 0 Å². The summed E-state index contributed by atoms with van der Waals surface area (Å²) >= 11 is 6.27. The van der Waals surface area contributed by atoms with Crippen molar-refractivity contribution in [2.75, 3.05) is 58.9 Å². The van der Waals surface area contributed by atoms with Crippen molar-refractivity contribution in [2.24, 2.45) is 0 Å². The molecule has 0 radical (unpaired) electrons. The van der Waals surface area contributed by atoms with Crippen molar-refractivity contribution in [3.63, 3.8) is 0 Å². The van der Waals surface area contributed by atoms with Crippen LogP contribution in [0, 0.1) is 0 Å². The molecule has 1 aromatic carbocycles. The summed E-state index contributed by atoms with van der Waals surface area (Å²) in [7, 11) is -3.68. The lowest BCUT2D eigenvalue weighted by Crippen LogP contribution is -2.52. The number of halogens is 1. The Morgan fingerprint density at radius 2 is 1.56 bits per heavy atom. The molecule has 32 heavy (non-hydrogen) atoms. The molecule has 2 aliphatic heterocycles. The number of benzene rings is 1. The molecule has 0 unspecified atom stereocenters. The molecule has 2 aliphatic rings. The molecule has 0 spiro atoms. The molecule has 0 bridgehead atoms. The van der Waals surface area contributed by atoms with Crippen LogP contribution in [0.1, 0.15) is 43.5 Å². The van der Waals surface area contributed by atoms with Gasteiger partial charge in [-0.3, -0.25) is 14.5 Å². The number of hydrogen-bond donors (Lipinski definition) is 0. The maximum atomic E-state index is 13.1. The van der Waals surface area contributed by atoms with Gasteiger partial charge in [0.25, 0.3) is 5.91 Å². The van der Waals surface area contributed by atoms with Crippen molar-refractivity contribution in [3.05, 3.63) is 28.8 Å². The van der Waals surface area contributed by atoms with Gasteiger partial charge in [0.05, 0.1) is 22.0 Å². The quantitative estimate of drug-likeness (QED) is 0.592. The number of piperazine rings is 1. The number of likely N-dealkylation sites (tertiary alicyclic amines) is 1. The van der Waals surface area contributed by atoms with Crippen LogP contribution in [-0.2, 0) is 14.8 Å². The highest BCUT2D eigenvalue weighted by molar-refractivity contribution is 7.89. The Balaban J connectivity index is 1.64. The second kappa shape index (κ2) is 11.0. The Hall–Kier alpha value is -1.68. The monoisotopic (exact) mass is 484 g/mol. The average molecular weight is 485 g/mol. The summed E-state index contributed by atoms with van der Waals surface area (Å²) in [6.45, 7) is 8.43. The molecule has 0 saturated carbocycles. The molecule has 0 aliphatic carbocycles. The van der Waals surface area contributed by atoms with Gasteiger partial charge in [-0.1, -0.05) is 25.4 Å². The van der Waals surface area contributed by atoms with Crippen LogP contribution in [0.3, 0.4) is 0 Å². The number of hydrogen-bond acceptors (Lipinski definition) is 5. The van der Waals surface area contributed by atoms with Crippen molar-refractivity contribution < 1.29 is 18.0 Å². The minimum atomic E-state index is -3.68. The lowest BCUT2D eigenvalue weighted by Gasteiger charge is -2.36. The first-order chi connectivity index (χ1) is 15.3. The van der Waals surface area contributed by atoms with Gasteiger partial charge in [-0.15, -0.1) is 0 Å². The van der Waals surface area contributed by atoms with Crippen LogP contribution in [0.15, 0.2) is 23.1 Å². The lowest BCUT2D eigenvalue weighted by molar-refractivity contribution is -0.133. The van der Waals surface area contributed by atoms with E-state index in [2.05, 4.69) is 4.90 Å². The van der Waals surface area contributed by atoms with Gasteiger partial charge in [0.2, 0.25) is 15.9 Å². The van der Waals surface area contributed by atoms with E-state index in [4.69, 9.17) is 11.6 Å². The Morgan fingerprint density at radius 3 is 2.16 bits per heavy atom. The summed E-state index contributed by atoms with van der Waals surface area (Å²) in [6, 6.07) is 4.29. The van der Waals surface area contributed by atoms with Crippen molar-refractivity contribution in [1.29, 1.82) is 0 Å². The third-order valence-corrected chi connectivity index (χ3v) is 8.61. The largest absolute Gasteiger partial charge is 0.342 e. The van der Waals surface area contributed by atoms with Crippen molar-refractivity contribution in [3.8, 4) is 0 Å². The zero-order chi connectivity index (χ0) is 23.3. The van der Waals surface area contributed by atoms with Gasteiger partial charge in [-0.2, -0.15) is 4.31 Å². The van der Waals surface area contributed by atoms with Crippen molar-refractivity contribution in [2.45, 2.75) is 38.0 Å². The third kappa shape index (κ3) is 5.62. The highest BCUT2D eigenvalue weighted by Crippen LogP contribution is 2.25. The zero-order valence-electron chi connectivity index (χ0n) is 18.9. The number of amides is 2. The molecular formula is C22H33ClN4O4S. The topological polar surface area (TPSA) is 81.2 Å². The van der Waals surface area contributed by atoms with E-state index < -0.39 is 10.0 Å². The molecule has 2 heterocycles. The fraction of sp³-hybridized carbons (Fsp3) is 0.636. The van der Waals surface area contributed by atoms with E-state index in [9.17, 15) is 18.0 Å². The predicted molar refractivity (Wildman–Crippen MR) is 124 cm³/mol. The van der Waals surface area contributed by atoms with E-state index in [-0.39, 0.29) is 27.3 Å². The van der Waals surface area contributed by atoms with Gasteiger partial charge in [0, 0.05) is 52.4 Å². The minimum Gasteiger partial charge on any atom is -0.342 e. The van der Waals surface area contributed by atoms with Gasteiger partial charge >= 0.3 is 0 Å². The first kappa shape index (κ1) is 25.0. The van der Waals surface area contributed by atoms with Gasteiger partial charge in [0.1, 0.15) is 0 Å². The summed E-state index contributed by atoms with van der Waals surface area (Å²) in [5, 5.41) is 0.233. The summed E-state index contributed by atoms with van der Waals surface area (Å²) in [5.74, 6) is -0.129. The molecule has 8 nitrogen and oxygen atoms in total. The van der Waals surface area contributed by atoms with Gasteiger partial charge in [0.15, 0.2) is 0 Å². The zero-order valence-corrected chi connectivity index (χ0v) is 20.5. The van der Waals surface area contributed by atoms with Crippen LogP contribution < -0.4 is 0 Å². The van der Waals surface area contributed by atoms with E-state index >= 15 is 0 Å². The van der Waals surface area contributed by atoms with Gasteiger partial charge in [-0.05, 0) is 37.5 Å². The SMILES string of the molecule is CCN(CC)S(=O)(=O)c1ccc(Cl)c(C(=O)N2CCN(CC(=O)N3CCCCC3)CC2)c1. The minimum absolute atomic E-state index is 0.0692. The van der Waals surface area contributed by atoms with Crippen LogP contribution in [-0.4, -0.2) is 98.1 Å². The van der Waals surface area contributed by atoms with Crippen LogP contribution in [0.2, 0.25) is 5.02 Å². The molecule has 2 saturated heterocycles. The molecular weight excluding hydrogens is 452 g/mol. The number of nitrogens with zero attached hydrogens (tertiary/aromatic N) is 4. The Labute approximate surface area is 196 Å². The Bertz CT molecular complexity index is 922. The molecule has 0 aromatic heterocycles. The molecule has 1 aromatic rings. The van der Waals surface area contributed by atoms with E-state index in [1.165, 1.54) is 28.9 Å². The second-order valence-corrected chi connectivity index (χ2v) is 10.6. The fourth-order valence-corrected chi connectivity index (χ4v) is 5.94. The molecule has 10 heteroatoms. The maximum absolute atomic E-state index is 13.1. The number of piperidine rings is 1. The lowest BCUT2D eigenvalue weighted by atomic mass is 10.1. The third-order valence-electron chi connectivity index (χ3n) is 6.24. The fourth-order valence-electron chi connectivity index (χ4n) is 4.26. The van der Waals surface area contributed by atoms with E-state index in [1.807, 2.05) is 4.90 Å².